The maximum Gasteiger partial charge on any atom is 0.280 e. The smallest absolute Gasteiger partial charge is 0.255 e. The van der Waals surface area contributed by atoms with Gasteiger partial charge in [0.25, 0.3) is 6.43 Å². The first-order valence-corrected chi connectivity index (χ1v) is 4.15. The lowest BCUT2D eigenvalue weighted by molar-refractivity contribution is 0.145. The Kier molecular flexibility index (Phi) is 2.93. The van der Waals surface area contributed by atoms with Gasteiger partial charge < -0.3 is 0 Å². The number of halogens is 3. The molecule has 0 saturated heterocycles. The molecule has 0 amide bonds. The molecule has 0 spiro atoms. The van der Waals surface area contributed by atoms with Gasteiger partial charge in [0.2, 0.25) is 0 Å². The molecule has 0 aliphatic heterocycles. The van der Waals surface area contributed by atoms with Crippen LogP contribution in [0.25, 0.3) is 0 Å². The minimum atomic E-state index is -2.48. The second kappa shape index (κ2) is 3.76. The average Bonchev–Trinajstić information content (AvgIpc) is 2.04. The Hall–Kier alpha value is -0.510. The van der Waals surface area contributed by atoms with Crippen LogP contribution in [0.3, 0.4) is 0 Å². The molecule has 60 valence electrons. The maximum atomic E-state index is 12.1. The van der Waals surface area contributed by atoms with Gasteiger partial charge in [0.15, 0.2) is 0 Å². The molecule has 1 heterocycles. The number of aromatic nitrogens is 1. The first-order chi connectivity index (χ1) is 5.25. The molecule has 0 fully saturated rings. The highest BCUT2D eigenvalue weighted by molar-refractivity contribution is 9.08. The van der Waals surface area contributed by atoms with Crippen LogP contribution in [0.15, 0.2) is 18.3 Å². The zero-order valence-corrected chi connectivity index (χ0v) is 7.18. The number of hydrogen-bond acceptors (Lipinski definition) is 1. The number of nitrogens with zero attached hydrogens (tertiary/aromatic N) is 1. The molecule has 1 nitrogen and oxygen atoms in total. The van der Waals surface area contributed by atoms with Crippen LogP contribution >= 0.6 is 15.9 Å². The van der Waals surface area contributed by atoms with E-state index in [4.69, 9.17) is 0 Å². The van der Waals surface area contributed by atoms with E-state index in [0.29, 0.717) is 10.9 Å². The van der Waals surface area contributed by atoms with Crippen molar-refractivity contribution >= 4 is 15.9 Å². The highest BCUT2D eigenvalue weighted by Gasteiger charge is 2.12. The quantitative estimate of drug-likeness (QED) is 0.701. The summed E-state index contributed by atoms with van der Waals surface area (Å²) < 4.78 is 24.3. The molecular weight excluding hydrogens is 216 g/mol. The fraction of sp³-hybridized carbons (Fsp3) is 0.286. The van der Waals surface area contributed by atoms with Crippen LogP contribution in [0.4, 0.5) is 8.78 Å². The van der Waals surface area contributed by atoms with Crippen LogP contribution in [0.2, 0.25) is 0 Å². The van der Waals surface area contributed by atoms with Gasteiger partial charge in [0.1, 0.15) is 5.69 Å². The lowest BCUT2D eigenvalue weighted by Gasteiger charge is -2.02. The van der Waals surface area contributed by atoms with Gasteiger partial charge in [0.05, 0.1) is 0 Å². The van der Waals surface area contributed by atoms with Gasteiger partial charge in [-0.1, -0.05) is 22.0 Å². The molecular formula is C7H6BrF2N. The van der Waals surface area contributed by atoms with Gasteiger partial charge in [-0.15, -0.1) is 0 Å². The van der Waals surface area contributed by atoms with E-state index in [0.717, 1.165) is 0 Å². The normalized spacial score (nSPS) is 10.5. The van der Waals surface area contributed by atoms with E-state index in [1.165, 1.54) is 6.20 Å². The van der Waals surface area contributed by atoms with Gasteiger partial charge >= 0.3 is 0 Å². The highest BCUT2D eigenvalue weighted by Crippen LogP contribution is 2.21. The molecule has 0 aliphatic rings. The third kappa shape index (κ3) is 1.96. The molecule has 1 aromatic heterocycles. The first kappa shape index (κ1) is 8.59. The zero-order valence-electron chi connectivity index (χ0n) is 5.60. The molecule has 0 atom stereocenters. The lowest BCUT2D eigenvalue weighted by Crippen LogP contribution is -1.94. The summed E-state index contributed by atoms with van der Waals surface area (Å²) in [4.78, 5) is 3.57. The van der Waals surface area contributed by atoms with E-state index in [9.17, 15) is 8.78 Å². The summed E-state index contributed by atoms with van der Waals surface area (Å²) in [6.07, 6.45) is -1.11. The third-order valence-corrected chi connectivity index (χ3v) is 1.88. The summed E-state index contributed by atoms with van der Waals surface area (Å²) in [5, 5.41) is 0.417. The monoisotopic (exact) mass is 221 g/mol. The Balaban J connectivity index is 3.02. The summed E-state index contributed by atoms with van der Waals surface area (Å²) in [7, 11) is 0. The highest BCUT2D eigenvalue weighted by atomic mass is 79.9. The second-order valence-corrected chi connectivity index (χ2v) is 2.54. The summed E-state index contributed by atoms with van der Waals surface area (Å²) in [6.45, 7) is 0. The number of alkyl halides is 3. The van der Waals surface area contributed by atoms with Crippen molar-refractivity contribution in [2.45, 2.75) is 11.8 Å². The standard InChI is InChI=1S/C7H6BrF2N/c8-4-5-2-1-3-11-6(5)7(9)10/h1-3,7H,4H2. The Morgan fingerprint density at radius 1 is 1.55 bits per heavy atom. The molecule has 0 saturated carbocycles. The first-order valence-electron chi connectivity index (χ1n) is 3.03. The van der Waals surface area contributed by atoms with E-state index >= 15 is 0 Å². The average molecular weight is 222 g/mol. The van der Waals surface area contributed by atoms with Gasteiger partial charge in [0, 0.05) is 11.5 Å². The van der Waals surface area contributed by atoms with Gasteiger partial charge in [-0.2, -0.15) is 0 Å². The van der Waals surface area contributed by atoms with Crippen molar-refractivity contribution in [1.82, 2.24) is 4.98 Å². The molecule has 0 radical (unpaired) electrons. The fourth-order valence-corrected chi connectivity index (χ4v) is 1.23. The van der Waals surface area contributed by atoms with Crippen molar-refractivity contribution in [3.8, 4) is 0 Å². The predicted molar refractivity (Wildman–Crippen MR) is 41.8 cm³/mol. The Morgan fingerprint density at radius 2 is 2.27 bits per heavy atom. The predicted octanol–water partition coefficient (Wildman–Crippen LogP) is 2.91. The summed E-state index contributed by atoms with van der Waals surface area (Å²) >= 11 is 3.10. The van der Waals surface area contributed by atoms with E-state index < -0.39 is 6.43 Å². The lowest BCUT2D eigenvalue weighted by atomic mass is 10.2. The van der Waals surface area contributed by atoms with Crippen LogP contribution in [0, 0.1) is 0 Å². The van der Waals surface area contributed by atoms with Crippen molar-refractivity contribution in [2.24, 2.45) is 0 Å². The van der Waals surface area contributed by atoms with E-state index in [-0.39, 0.29) is 5.69 Å². The molecule has 11 heavy (non-hydrogen) atoms. The molecule has 0 aliphatic carbocycles. The fourth-order valence-electron chi connectivity index (χ4n) is 0.760. The molecule has 0 aromatic carbocycles. The summed E-state index contributed by atoms with van der Waals surface area (Å²) in [5.74, 6) is 0. The van der Waals surface area contributed by atoms with Crippen LogP contribution < -0.4 is 0 Å². The van der Waals surface area contributed by atoms with E-state index in [2.05, 4.69) is 20.9 Å². The number of rotatable bonds is 2. The Labute approximate surface area is 71.6 Å². The molecule has 1 rings (SSSR count). The van der Waals surface area contributed by atoms with Crippen molar-refractivity contribution in [2.75, 3.05) is 0 Å². The molecule has 0 unspecified atom stereocenters. The van der Waals surface area contributed by atoms with Crippen molar-refractivity contribution in [3.63, 3.8) is 0 Å². The van der Waals surface area contributed by atoms with E-state index in [1.807, 2.05) is 0 Å². The topological polar surface area (TPSA) is 12.9 Å². The third-order valence-electron chi connectivity index (χ3n) is 1.28. The maximum absolute atomic E-state index is 12.1. The number of pyridine rings is 1. The Morgan fingerprint density at radius 3 is 2.73 bits per heavy atom. The van der Waals surface area contributed by atoms with Crippen molar-refractivity contribution in [3.05, 3.63) is 29.6 Å². The van der Waals surface area contributed by atoms with Gasteiger partial charge in [-0.3, -0.25) is 4.98 Å². The van der Waals surface area contributed by atoms with Gasteiger partial charge in [-0.25, -0.2) is 8.78 Å². The summed E-state index contributed by atoms with van der Waals surface area (Å²) in [6, 6.07) is 3.27. The molecule has 1 aromatic rings. The summed E-state index contributed by atoms with van der Waals surface area (Å²) in [5.41, 5.74) is 0.409. The minimum absolute atomic E-state index is 0.135. The van der Waals surface area contributed by atoms with Crippen LogP contribution in [0.5, 0.6) is 0 Å². The Bertz CT molecular complexity index is 240. The molecule has 4 heteroatoms. The van der Waals surface area contributed by atoms with Gasteiger partial charge in [-0.05, 0) is 11.6 Å². The largest absolute Gasteiger partial charge is 0.280 e. The van der Waals surface area contributed by atoms with Crippen LogP contribution in [0.1, 0.15) is 17.7 Å². The molecule has 0 N–H and O–H groups in total. The second-order valence-electron chi connectivity index (χ2n) is 1.98. The van der Waals surface area contributed by atoms with Crippen molar-refractivity contribution < 1.29 is 8.78 Å². The zero-order chi connectivity index (χ0) is 8.27. The number of hydrogen-bond donors (Lipinski definition) is 0. The van der Waals surface area contributed by atoms with E-state index in [1.54, 1.807) is 12.1 Å². The van der Waals surface area contributed by atoms with Crippen LogP contribution in [-0.4, -0.2) is 4.98 Å². The SMILES string of the molecule is FC(F)c1ncccc1CBr. The minimum Gasteiger partial charge on any atom is -0.255 e. The molecule has 0 bridgehead atoms. The van der Waals surface area contributed by atoms with Crippen LogP contribution in [-0.2, 0) is 5.33 Å². The van der Waals surface area contributed by atoms with Crippen molar-refractivity contribution in [1.29, 1.82) is 0 Å².